The molecule has 0 radical (unpaired) electrons. The molecule has 0 aromatic heterocycles. The van der Waals surface area contributed by atoms with E-state index in [-0.39, 0.29) is 12.1 Å². The quantitative estimate of drug-likeness (QED) is 0.687. The summed E-state index contributed by atoms with van der Waals surface area (Å²) in [5.74, 6) is -1.03. The van der Waals surface area contributed by atoms with E-state index in [2.05, 4.69) is 5.32 Å². The van der Waals surface area contributed by atoms with Gasteiger partial charge >= 0.3 is 12.0 Å². The van der Waals surface area contributed by atoms with Crippen LogP contribution < -0.4 is 5.32 Å². The highest BCUT2D eigenvalue weighted by Gasteiger charge is 2.33. The maximum atomic E-state index is 11.7. The summed E-state index contributed by atoms with van der Waals surface area (Å²) in [5, 5.41) is 11.1. The number of urea groups is 1. The van der Waals surface area contributed by atoms with E-state index in [1.54, 1.807) is 12.0 Å². The molecular formula is C10H18N2O4. The largest absolute Gasteiger partial charge is 0.480 e. The smallest absolute Gasteiger partial charge is 0.325 e. The zero-order valence-corrected chi connectivity index (χ0v) is 9.60. The average molecular weight is 230 g/mol. The van der Waals surface area contributed by atoms with Crippen molar-refractivity contribution < 1.29 is 19.4 Å². The highest BCUT2D eigenvalue weighted by molar-refractivity contribution is 5.82. The summed E-state index contributed by atoms with van der Waals surface area (Å²) in [5.41, 5.74) is 0. The van der Waals surface area contributed by atoms with Gasteiger partial charge in [-0.1, -0.05) is 0 Å². The van der Waals surface area contributed by atoms with Crippen LogP contribution in [0.1, 0.15) is 19.8 Å². The summed E-state index contributed by atoms with van der Waals surface area (Å²) in [7, 11) is 1.57. The third-order valence-corrected chi connectivity index (χ3v) is 2.50. The Morgan fingerprint density at radius 3 is 2.62 bits per heavy atom. The number of carbonyl (C=O) groups is 2. The fourth-order valence-electron chi connectivity index (χ4n) is 1.36. The van der Waals surface area contributed by atoms with Crippen LogP contribution in [-0.4, -0.2) is 54.4 Å². The molecule has 6 heteroatoms. The van der Waals surface area contributed by atoms with Crippen LogP contribution in [0.25, 0.3) is 0 Å². The molecule has 0 saturated heterocycles. The lowest BCUT2D eigenvalue weighted by Gasteiger charge is -2.23. The van der Waals surface area contributed by atoms with Crippen LogP contribution in [0.3, 0.4) is 0 Å². The Labute approximate surface area is 94.6 Å². The Bertz CT molecular complexity index is 266. The lowest BCUT2D eigenvalue weighted by Crippen LogP contribution is -2.48. The first kappa shape index (κ1) is 12.8. The summed E-state index contributed by atoms with van der Waals surface area (Å²) in [6.45, 7) is 2.41. The number of nitrogens with one attached hydrogen (secondary N) is 1. The van der Waals surface area contributed by atoms with Crippen molar-refractivity contribution in [2.45, 2.75) is 31.8 Å². The number of carboxylic acids is 1. The van der Waals surface area contributed by atoms with Crippen molar-refractivity contribution in [1.82, 2.24) is 10.2 Å². The molecule has 16 heavy (non-hydrogen) atoms. The number of amides is 2. The summed E-state index contributed by atoms with van der Waals surface area (Å²) < 4.78 is 4.91. The van der Waals surface area contributed by atoms with Crippen LogP contribution in [0.4, 0.5) is 4.79 Å². The normalized spacial score (nSPS) is 16.6. The fraction of sp³-hybridized carbons (Fsp3) is 0.800. The van der Waals surface area contributed by atoms with Gasteiger partial charge in [0.1, 0.15) is 6.04 Å². The first-order chi connectivity index (χ1) is 7.56. The molecule has 1 atom stereocenters. The lowest BCUT2D eigenvalue weighted by atomic mass is 10.3. The molecule has 0 aliphatic heterocycles. The van der Waals surface area contributed by atoms with Crippen molar-refractivity contribution in [3.63, 3.8) is 0 Å². The molecule has 92 valence electrons. The molecule has 6 nitrogen and oxygen atoms in total. The number of methoxy groups -OCH3 is 1. The van der Waals surface area contributed by atoms with E-state index in [0.29, 0.717) is 13.2 Å². The van der Waals surface area contributed by atoms with Crippen molar-refractivity contribution in [1.29, 1.82) is 0 Å². The van der Waals surface area contributed by atoms with Gasteiger partial charge in [-0.3, -0.25) is 4.79 Å². The van der Waals surface area contributed by atoms with E-state index in [1.807, 2.05) is 0 Å². The van der Waals surface area contributed by atoms with Gasteiger partial charge in [0.25, 0.3) is 0 Å². The molecule has 0 aromatic carbocycles. The number of carboxylic acid groups (broad SMARTS) is 1. The molecular weight excluding hydrogens is 212 g/mol. The van der Waals surface area contributed by atoms with E-state index < -0.39 is 12.0 Å². The predicted molar refractivity (Wildman–Crippen MR) is 57.2 cm³/mol. The number of ether oxygens (including phenoxy) is 1. The summed E-state index contributed by atoms with van der Waals surface area (Å²) in [6, 6.07) is -0.943. The predicted octanol–water partition coefficient (Wildman–Crippen LogP) is 0.280. The minimum Gasteiger partial charge on any atom is -0.480 e. The molecule has 0 bridgehead atoms. The van der Waals surface area contributed by atoms with Crippen LogP contribution in [0.5, 0.6) is 0 Å². The molecule has 1 aliphatic carbocycles. The van der Waals surface area contributed by atoms with E-state index in [1.165, 1.54) is 6.92 Å². The van der Waals surface area contributed by atoms with Crippen molar-refractivity contribution in [2.24, 2.45) is 0 Å². The van der Waals surface area contributed by atoms with Gasteiger partial charge in [0.15, 0.2) is 0 Å². The van der Waals surface area contributed by atoms with E-state index in [4.69, 9.17) is 9.84 Å². The molecule has 1 fully saturated rings. The third-order valence-electron chi connectivity index (χ3n) is 2.50. The minimum absolute atomic E-state index is 0.246. The Morgan fingerprint density at radius 1 is 1.56 bits per heavy atom. The Kier molecular flexibility index (Phi) is 4.54. The van der Waals surface area contributed by atoms with Gasteiger partial charge in [0.05, 0.1) is 6.61 Å². The minimum atomic E-state index is -1.03. The third kappa shape index (κ3) is 3.69. The van der Waals surface area contributed by atoms with Crippen LogP contribution in [-0.2, 0) is 9.53 Å². The van der Waals surface area contributed by atoms with Crippen molar-refractivity contribution >= 4 is 12.0 Å². The molecule has 0 aromatic rings. The highest BCUT2D eigenvalue weighted by atomic mass is 16.5. The van der Waals surface area contributed by atoms with Gasteiger partial charge in [-0.15, -0.1) is 0 Å². The molecule has 0 heterocycles. The second-order valence-corrected chi connectivity index (χ2v) is 3.93. The molecule has 0 spiro atoms. The molecule has 2 N–H and O–H groups in total. The Balaban J connectivity index is 2.43. The van der Waals surface area contributed by atoms with Gasteiger partial charge in [-0.2, -0.15) is 0 Å². The SMILES string of the molecule is COCCN(C(=O)N[C@H](C)C(=O)O)C1CC1. The molecule has 1 rings (SSSR count). The van der Waals surface area contributed by atoms with Crippen molar-refractivity contribution in [3.05, 3.63) is 0 Å². The number of nitrogens with zero attached hydrogens (tertiary/aromatic N) is 1. The second kappa shape index (κ2) is 5.69. The maximum absolute atomic E-state index is 11.7. The monoisotopic (exact) mass is 230 g/mol. The van der Waals surface area contributed by atoms with Crippen LogP contribution in [0, 0.1) is 0 Å². The fourth-order valence-corrected chi connectivity index (χ4v) is 1.36. The maximum Gasteiger partial charge on any atom is 0.325 e. The zero-order chi connectivity index (χ0) is 12.1. The van der Waals surface area contributed by atoms with Gasteiger partial charge in [0, 0.05) is 19.7 Å². The first-order valence-electron chi connectivity index (χ1n) is 5.35. The summed E-state index contributed by atoms with van der Waals surface area (Å²) in [6.07, 6.45) is 1.97. The number of carbonyl (C=O) groups excluding carboxylic acids is 1. The molecule has 0 unspecified atom stereocenters. The topological polar surface area (TPSA) is 78.9 Å². The zero-order valence-electron chi connectivity index (χ0n) is 9.60. The van der Waals surface area contributed by atoms with Crippen LogP contribution in [0.15, 0.2) is 0 Å². The van der Waals surface area contributed by atoms with Gasteiger partial charge in [-0.25, -0.2) is 4.79 Å². The van der Waals surface area contributed by atoms with Crippen molar-refractivity contribution in [3.8, 4) is 0 Å². The van der Waals surface area contributed by atoms with Crippen LogP contribution >= 0.6 is 0 Å². The highest BCUT2D eigenvalue weighted by Crippen LogP contribution is 2.26. The van der Waals surface area contributed by atoms with Gasteiger partial charge in [-0.05, 0) is 19.8 Å². The number of aliphatic carboxylic acids is 1. The second-order valence-electron chi connectivity index (χ2n) is 3.93. The lowest BCUT2D eigenvalue weighted by molar-refractivity contribution is -0.138. The first-order valence-corrected chi connectivity index (χ1v) is 5.35. The van der Waals surface area contributed by atoms with Gasteiger partial charge in [0.2, 0.25) is 0 Å². The van der Waals surface area contributed by atoms with E-state index in [9.17, 15) is 9.59 Å². The Hall–Kier alpha value is -1.30. The number of hydrogen-bond donors (Lipinski definition) is 2. The van der Waals surface area contributed by atoms with E-state index in [0.717, 1.165) is 12.8 Å². The van der Waals surface area contributed by atoms with Gasteiger partial charge < -0.3 is 20.1 Å². The summed E-state index contributed by atoms with van der Waals surface area (Å²) >= 11 is 0. The Morgan fingerprint density at radius 2 is 2.19 bits per heavy atom. The molecule has 2 amide bonds. The average Bonchev–Trinajstić information content (AvgIpc) is 3.02. The van der Waals surface area contributed by atoms with Crippen molar-refractivity contribution in [2.75, 3.05) is 20.3 Å². The number of hydrogen-bond acceptors (Lipinski definition) is 3. The number of rotatable bonds is 6. The standard InChI is InChI=1S/C10H18N2O4/c1-7(9(13)14)11-10(15)12(5-6-16-2)8-3-4-8/h7-8H,3-6H2,1-2H3,(H,11,15)(H,13,14)/t7-/m1/s1. The van der Waals surface area contributed by atoms with Crippen LogP contribution in [0.2, 0.25) is 0 Å². The van der Waals surface area contributed by atoms with E-state index >= 15 is 0 Å². The molecule has 1 aliphatic rings. The molecule has 1 saturated carbocycles. The summed E-state index contributed by atoms with van der Waals surface area (Å²) in [4.78, 5) is 24.0.